The van der Waals surface area contributed by atoms with Crippen LogP contribution in [0.25, 0.3) is 11.1 Å². The van der Waals surface area contributed by atoms with E-state index >= 15 is 0 Å². The van der Waals surface area contributed by atoms with Crippen LogP contribution in [0.15, 0.2) is 102 Å². The lowest BCUT2D eigenvalue weighted by molar-refractivity contribution is -0.135. The lowest BCUT2D eigenvalue weighted by Crippen LogP contribution is -2.42. The first kappa shape index (κ1) is 26.2. The molecule has 4 rings (SSSR count). The smallest absolute Gasteiger partial charge is 0.261 e. The second-order valence-corrected chi connectivity index (χ2v) is 11.8. The van der Waals surface area contributed by atoms with Gasteiger partial charge in [-0.3, -0.25) is 9.00 Å². The van der Waals surface area contributed by atoms with E-state index in [0.29, 0.717) is 21.7 Å². The van der Waals surface area contributed by atoms with E-state index in [1.807, 2.05) is 48.5 Å². The van der Waals surface area contributed by atoms with Gasteiger partial charge in [0, 0.05) is 23.3 Å². The Balaban J connectivity index is 1.66. The number of carbonyl (C=O) groups is 1. The maximum absolute atomic E-state index is 13.5. The first-order valence-corrected chi connectivity index (χ1v) is 13.9. The summed E-state index contributed by atoms with van der Waals surface area (Å²) < 4.78 is 12.2. The molecule has 0 aliphatic rings. The maximum Gasteiger partial charge on any atom is 0.261 e. The fourth-order valence-corrected chi connectivity index (χ4v) is 4.97. The van der Waals surface area contributed by atoms with E-state index in [0.717, 1.165) is 16.7 Å². The number of anilines is 1. The predicted octanol–water partition coefficient (Wildman–Crippen LogP) is 5.65. The predicted molar refractivity (Wildman–Crippen MR) is 150 cm³/mol. The van der Waals surface area contributed by atoms with Crippen molar-refractivity contribution < 1.29 is 14.1 Å². The van der Waals surface area contributed by atoms with Gasteiger partial charge in [-0.1, -0.05) is 78.3 Å². The van der Waals surface area contributed by atoms with Crippen molar-refractivity contribution >= 4 is 38.6 Å². The van der Waals surface area contributed by atoms with Gasteiger partial charge in [0.15, 0.2) is 5.60 Å². The molecule has 2 atom stereocenters. The quantitative estimate of drug-likeness (QED) is 0.303. The highest BCUT2D eigenvalue weighted by molar-refractivity contribution is 7.99. The molecule has 0 spiro atoms. The standard InChI is InChI=1S/C30H25ClN2O3S/c1-37(2,36)27-15-12-22(13-16-27)23-8-6-7-21(17-23)19-30(35,25-9-4-3-5-10-25)29(34)33-26-14-11-24(20-32)28(31)18-26/h3-18,35H,1,19H2,2H3,(H,33,34). The van der Waals surface area contributed by atoms with Gasteiger partial charge < -0.3 is 10.4 Å². The van der Waals surface area contributed by atoms with Crippen molar-refractivity contribution in [3.05, 3.63) is 119 Å². The third-order valence-corrected chi connectivity index (χ3v) is 7.63. The number of hydrogen-bond acceptors (Lipinski definition) is 4. The number of nitriles is 1. The summed E-state index contributed by atoms with van der Waals surface area (Å²) >= 11 is 6.13. The Morgan fingerprint density at radius 1 is 1.00 bits per heavy atom. The molecule has 0 aromatic heterocycles. The molecule has 2 unspecified atom stereocenters. The van der Waals surface area contributed by atoms with Gasteiger partial charge in [-0.15, -0.1) is 0 Å². The zero-order chi connectivity index (χ0) is 26.6. The van der Waals surface area contributed by atoms with E-state index in [4.69, 9.17) is 16.9 Å². The SMILES string of the molecule is C=S(C)(=O)c1ccc(-c2cccc(CC(O)(C(=O)Nc3ccc(C#N)c(Cl)c3)c3ccccc3)c2)cc1. The van der Waals surface area contributed by atoms with Crippen molar-refractivity contribution in [1.29, 1.82) is 5.26 Å². The van der Waals surface area contributed by atoms with Crippen LogP contribution in [0, 0.1) is 11.3 Å². The monoisotopic (exact) mass is 528 g/mol. The van der Waals surface area contributed by atoms with Crippen molar-refractivity contribution in [3.63, 3.8) is 0 Å². The average Bonchev–Trinajstić information content (AvgIpc) is 2.89. The summed E-state index contributed by atoms with van der Waals surface area (Å²) in [6.07, 6.45) is 1.62. The number of amides is 1. The van der Waals surface area contributed by atoms with Crippen LogP contribution in [0.1, 0.15) is 16.7 Å². The van der Waals surface area contributed by atoms with E-state index in [2.05, 4.69) is 11.2 Å². The molecule has 0 aliphatic heterocycles. The molecule has 0 saturated carbocycles. The van der Waals surface area contributed by atoms with E-state index in [9.17, 15) is 14.1 Å². The molecular formula is C30H25ClN2O3S. The van der Waals surface area contributed by atoms with Crippen LogP contribution in [0.2, 0.25) is 5.02 Å². The molecule has 0 heterocycles. The summed E-state index contributed by atoms with van der Waals surface area (Å²) in [6, 6.07) is 30.2. The highest BCUT2D eigenvalue weighted by Gasteiger charge is 2.38. The number of carbonyl (C=O) groups excluding carboxylic acids is 1. The zero-order valence-electron chi connectivity index (χ0n) is 20.1. The lowest BCUT2D eigenvalue weighted by Gasteiger charge is -2.28. The summed E-state index contributed by atoms with van der Waals surface area (Å²) in [6.45, 7) is 0. The molecule has 0 bridgehead atoms. The Bertz CT molecular complexity index is 1590. The summed E-state index contributed by atoms with van der Waals surface area (Å²) in [5, 5.41) is 23.8. The van der Waals surface area contributed by atoms with Crippen LogP contribution in [0.3, 0.4) is 0 Å². The molecule has 37 heavy (non-hydrogen) atoms. The normalized spacial score (nSPS) is 14.1. The van der Waals surface area contributed by atoms with Gasteiger partial charge in [-0.2, -0.15) is 5.26 Å². The molecule has 186 valence electrons. The molecule has 1 amide bonds. The third kappa shape index (κ3) is 5.92. The van der Waals surface area contributed by atoms with Gasteiger partial charge in [-0.05, 0) is 68.0 Å². The van der Waals surface area contributed by atoms with E-state index in [1.165, 1.54) is 12.1 Å². The Labute approximate surface area is 222 Å². The lowest BCUT2D eigenvalue weighted by atomic mass is 9.85. The van der Waals surface area contributed by atoms with Gasteiger partial charge >= 0.3 is 0 Å². The second-order valence-electron chi connectivity index (χ2n) is 8.89. The summed E-state index contributed by atoms with van der Waals surface area (Å²) in [4.78, 5) is 14.2. The molecule has 0 fully saturated rings. The maximum atomic E-state index is 13.5. The summed E-state index contributed by atoms with van der Waals surface area (Å²) in [7, 11) is -2.31. The topological polar surface area (TPSA) is 90.2 Å². The molecule has 0 aliphatic carbocycles. The van der Waals surface area contributed by atoms with Crippen LogP contribution in [-0.4, -0.2) is 27.3 Å². The van der Waals surface area contributed by atoms with Crippen LogP contribution in [-0.2, 0) is 26.3 Å². The number of hydrogen-bond donors (Lipinski definition) is 2. The minimum atomic E-state index is -2.31. The number of aliphatic hydroxyl groups is 1. The van der Waals surface area contributed by atoms with Crippen LogP contribution < -0.4 is 5.32 Å². The Morgan fingerprint density at radius 3 is 2.32 bits per heavy atom. The molecule has 7 heteroatoms. The van der Waals surface area contributed by atoms with Gasteiger partial charge in [0.2, 0.25) is 0 Å². The van der Waals surface area contributed by atoms with Crippen molar-refractivity contribution in [2.24, 2.45) is 0 Å². The van der Waals surface area contributed by atoms with Crippen LogP contribution >= 0.6 is 11.6 Å². The number of halogens is 1. The first-order valence-electron chi connectivity index (χ1n) is 11.4. The molecule has 4 aromatic carbocycles. The molecule has 5 nitrogen and oxygen atoms in total. The molecule has 4 aromatic rings. The van der Waals surface area contributed by atoms with Crippen molar-refractivity contribution in [3.8, 4) is 17.2 Å². The Hall–Kier alpha value is -3.89. The Morgan fingerprint density at radius 2 is 1.70 bits per heavy atom. The summed E-state index contributed by atoms with van der Waals surface area (Å²) in [5.74, 6) is 3.10. The molecule has 2 N–H and O–H groups in total. The number of nitrogens with one attached hydrogen (secondary N) is 1. The van der Waals surface area contributed by atoms with Gasteiger partial charge in [0.1, 0.15) is 6.07 Å². The zero-order valence-corrected chi connectivity index (χ0v) is 21.7. The van der Waals surface area contributed by atoms with E-state index in [-0.39, 0.29) is 11.4 Å². The first-order chi connectivity index (χ1) is 17.6. The highest BCUT2D eigenvalue weighted by atomic mass is 35.5. The van der Waals surface area contributed by atoms with Gasteiger partial charge in [-0.25, -0.2) is 0 Å². The van der Waals surface area contributed by atoms with Gasteiger partial charge in [0.05, 0.1) is 10.6 Å². The van der Waals surface area contributed by atoms with Crippen LogP contribution in [0.5, 0.6) is 0 Å². The minimum Gasteiger partial charge on any atom is -0.375 e. The number of benzene rings is 4. The number of rotatable bonds is 7. The second kappa shape index (κ2) is 10.6. The largest absolute Gasteiger partial charge is 0.375 e. The van der Waals surface area contributed by atoms with E-state index in [1.54, 1.807) is 48.7 Å². The highest BCUT2D eigenvalue weighted by Crippen LogP contribution is 2.31. The van der Waals surface area contributed by atoms with E-state index < -0.39 is 21.0 Å². The Kier molecular flexibility index (Phi) is 7.51. The van der Waals surface area contributed by atoms with Crippen molar-refractivity contribution in [2.45, 2.75) is 16.9 Å². The molecule has 0 radical (unpaired) electrons. The molecule has 0 saturated heterocycles. The molecular weight excluding hydrogens is 504 g/mol. The van der Waals surface area contributed by atoms with Crippen molar-refractivity contribution in [2.75, 3.05) is 11.6 Å². The fraction of sp³-hybridized carbons (Fsp3) is 0.100. The minimum absolute atomic E-state index is 0.0143. The fourth-order valence-electron chi connectivity index (χ4n) is 4.04. The summed E-state index contributed by atoms with van der Waals surface area (Å²) in [5.41, 5.74) is 1.77. The van der Waals surface area contributed by atoms with Crippen LogP contribution in [0.4, 0.5) is 5.69 Å². The average molecular weight is 529 g/mol. The third-order valence-electron chi connectivity index (χ3n) is 6.05. The van der Waals surface area contributed by atoms with Crippen molar-refractivity contribution in [1.82, 2.24) is 0 Å². The number of nitrogens with zero attached hydrogens (tertiary/aromatic N) is 1. The van der Waals surface area contributed by atoms with Gasteiger partial charge in [0.25, 0.3) is 5.91 Å².